The second kappa shape index (κ2) is 9.30. The highest BCUT2D eigenvalue weighted by Gasteiger charge is 2.26. The Labute approximate surface area is 186 Å². The first-order valence-corrected chi connectivity index (χ1v) is 11.0. The molecule has 2 heterocycles. The number of carbonyl (C=O) groups excluding carboxylic acids is 2. The number of hydrogen-bond acceptors (Lipinski definition) is 5. The summed E-state index contributed by atoms with van der Waals surface area (Å²) in [5, 5.41) is 20.9. The van der Waals surface area contributed by atoms with Crippen LogP contribution in [0.5, 0.6) is 5.75 Å². The lowest BCUT2D eigenvalue weighted by atomic mass is 10.0. The maximum absolute atomic E-state index is 12.9. The van der Waals surface area contributed by atoms with E-state index >= 15 is 0 Å². The standard InChI is InChI=1S/C24H28N4O4/c1-3-15(2)25-24(31)28-20(16-7-4-5-8-16)14-19(27-28)18-11-10-17(13-21(18)29)26-23(30)22-9-6-12-32-22/h6,9-16,29H,3-5,7-8H2,1-2H3,(H,25,31)(H,26,30). The summed E-state index contributed by atoms with van der Waals surface area (Å²) < 4.78 is 6.54. The van der Waals surface area contributed by atoms with E-state index < -0.39 is 5.91 Å². The van der Waals surface area contributed by atoms with Crippen molar-refractivity contribution in [2.75, 3.05) is 5.32 Å². The topological polar surface area (TPSA) is 109 Å². The number of benzene rings is 1. The number of aromatic hydroxyl groups is 1. The monoisotopic (exact) mass is 436 g/mol. The second-order valence-corrected chi connectivity index (χ2v) is 8.27. The van der Waals surface area contributed by atoms with Gasteiger partial charge < -0.3 is 20.2 Å². The number of amides is 2. The van der Waals surface area contributed by atoms with Crippen molar-refractivity contribution in [2.24, 2.45) is 0 Å². The number of nitrogens with one attached hydrogen (secondary N) is 2. The van der Waals surface area contributed by atoms with Gasteiger partial charge in [0.1, 0.15) is 5.75 Å². The van der Waals surface area contributed by atoms with Crippen LogP contribution in [-0.4, -0.2) is 32.9 Å². The Morgan fingerprint density at radius 1 is 1.25 bits per heavy atom. The quantitative estimate of drug-likeness (QED) is 0.497. The summed E-state index contributed by atoms with van der Waals surface area (Å²) >= 11 is 0. The van der Waals surface area contributed by atoms with Crippen LogP contribution in [0.4, 0.5) is 10.5 Å². The molecule has 1 unspecified atom stereocenters. The van der Waals surface area contributed by atoms with E-state index in [1.54, 1.807) is 24.3 Å². The molecule has 1 aromatic carbocycles. The molecule has 2 aromatic heterocycles. The lowest BCUT2D eigenvalue weighted by molar-refractivity contribution is 0.0996. The van der Waals surface area contributed by atoms with Gasteiger partial charge in [-0.05, 0) is 56.5 Å². The molecule has 1 fully saturated rings. The zero-order chi connectivity index (χ0) is 22.7. The summed E-state index contributed by atoms with van der Waals surface area (Å²) in [5.41, 5.74) is 2.31. The predicted octanol–water partition coefficient (Wildman–Crippen LogP) is 5.11. The van der Waals surface area contributed by atoms with Crippen LogP contribution in [0.25, 0.3) is 11.3 Å². The maximum atomic E-state index is 12.9. The van der Waals surface area contributed by atoms with E-state index in [1.807, 2.05) is 19.9 Å². The van der Waals surface area contributed by atoms with Crippen molar-refractivity contribution < 1.29 is 19.1 Å². The third-order valence-corrected chi connectivity index (χ3v) is 5.96. The lowest BCUT2D eigenvalue weighted by Crippen LogP contribution is -2.37. The van der Waals surface area contributed by atoms with E-state index in [4.69, 9.17) is 4.42 Å². The fraction of sp³-hybridized carbons (Fsp3) is 0.375. The van der Waals surface area contributed by atoms with Gasteiger partial charge >= 0.3 is 6.03 Å². The van der Waals surface area contributed by atoms with Crippen LogP contribution in [0.2, 0.25) is 0 Å². The van der Waals surface area contributed by atoms with Gasteiger partial charge in [-0.3, -0.25) is 4.79 Å². The fourth-order valence-electron chi connectivity index (χ4n) is 4.00. The Hall–Kier alpha value is -3.55. The number of rotatable bonds is 6. The molecule has 32 heavy (non-hydrogen) atoms. The Kier molecular flexibility index (Phi) is 6.30. The Bertz CT molecular complexity index is 1100. The van der Waals surface area contributed by atoms with Crippen LogP contribution in [0.1, 0.15) is 68.1 Å². The molecule has 168 valence electrons. The van der Waals surface area contributed by atoms with Crippen molar-refractivity contribution >= 4 is 17.6 Å². The zero-order valence-electron chi connectivity index (χ0n) is 18.3. The minimum absolute atomic E-state index is 0.0350. The van der Waals surface area contributed by atoms with E-state index in [2.05, 4.69) is 15.7 Å². The fourth-order valence-corrected chi connectivity index (χ4v) is 4.00. The predicted molar refractivity (Wildman–Crippen MR) is 121 cm³/mol. The average Bonchev–Trinajstić information content (AvgIpc) is 3.54. The van der Waals surface area contributed by atoms with Gasteiger partial charge in [0.25, 0.3) is 5.91 Å². The normalized spacial score (nSPS) is 14.9. The summed E-state index contributed by atoms with van der Waals surface area (Å²) in [7, 11) is 0. The maximum Gasteiger partial charge on any atom is 0.342 e. The average molecular weight is 437 g/mol. The number of aromatic nitrogens is 2. The minimum atomic E-state index is -0.406. The van der Waals surface area contributed by atoms with Crippen molar-refractivity contribution in [3.05, 3.63) is 54.1 Å². The molecule has 3 aromatic rings. The summed E-state index contributed by atoms with van der Waals surface area (Å²) in [6.45, 7) is 3.97. The van der Waals surface area contributed by atoms with Crippen molar-refractivity contribution in [3.63, 3.8) is 0 Å². The first-order chi connectivity index (χ1) is 15.5. The van der Waals surface area contributed by atoms with Crippen LogP contribution in [-0.2, 0) is 0 Å². The molecule has 8 nitrogen and oxygen atoms in total. The van der Waals surface area contributed by atoms with Crippen molar-refractivity contribution in [2.45, 2.75) is 57.9 Å². The number of nitrogens with zero attached hydrogens (tertiary/aromatic N) is 2. The largest absolute Gasteiger partial charge is 0.507 e. The van der Waals surface area contributed by atoms with Gasteiger partial charge in [-0.1, -0.05) is 19.8 Å². The van der Waals surface area contributed by atoms with Gasteiger partial charge in [-0.15, -0.1) is 0 Å². The molecule has 0 bridgehead atoms. The number of phenolic OH excluding ortho intramolecular Hbond substituents is 1. The van der Waals surface area contributed by atoms with Gasteiger partial charge in [0.15, 0.2) is 5.76 Å². The minimum Gasteiger partial charge on any atom is -0.507 e. The van der Waals surface area contributed by atoms with E-state index in [-0.39, 0.29) is 29.5 Å². The molecular weight excluding hydrogens is 408 g/mol. The molecule has 0 radical (unpaired) electrons. The summed E-state index contributed by atoms with van der Waals surface area (Å²) in [5.74, 6) is 0.0117. The number of hydrogen-bond donors (Lipinski definition) is 3. The smallest absolute Gasteiger partial charge is 0.342 e. The number of carbonyl (C=O) groups is 2. The Morgan fingerprint density at radius 2 is 2.03 bits per heavy atom. The number of furan rings is 1. The SMILES string of the molecule is CCC(C)NC(=O)n1nc(-c2ccc(NC(=O)c3ccco3)cc2O)cc1C1CCCC1. The van der Waals surface area contributed by atoms with Gasteiger partial charge in [0.2, 0.25) is 0 Å². The molecular formula is C24H28N4O4. The summed E-state index contributed by atoms with van der Waals surface area (Å²) in [6, 6.07) is 9.70. The van der Waals surface area contributed by atoms with Crippen molar-refractivity contribution in [3.8, 4) is 17.0 Å². The number of phenols is 1. The van der Waals surface area contributed by atoms with Crippen LogP contribution < -0.4 is 10.6 Å². The van der Waals surface area contributed by atoms with Crippen LogP contribution in [0, 0.1) is 0 Å². The number of anilines is 1. The first-order valence-electron chi connectivity index (χ1n) is 11.0. The Balaban J connectivity index is 1.61. The van der Waals surface area contributed by atoms with Gasteiger partial charge in [-0.25, -0.2) is 4.79 Å². The highest BCUT2D eigenvalue weighted by Crippen LogP contribution is 2.38. The summed E-state index contributed by atoms with van der Waals surface area (Å²) in [6.07, 6.45) is 6.55. The molecule has 1 saturated carbocycles. The van der Waals surface area contributed by atoms with E-state index in [9.17, 15) is 14.7 Å². The van der Waals surface area contributed by atoms with Crippen molar-refractivity contribution in [1.82, 2.24) is 15.1 Å². The van der Waals surface area contributed by atoms with E-state index in [0.717, 1.165) is 37.8 Å². The molecule has 8 heteroatoms. The first kappa shape index (κ1) is 21.7. The third-order valence-electron chi connectivity index (χ3n) is 5.96. The highest BCUT2D eigenvalue weighted by molar-refractivity contribution is 6.02. The molecule has 2 amide bonds. The molecule has 1 aliphatic carbocycles. The van der Waals surface area contributed by atoms with Gasteiger partial charge in [0.05, 0.1) is 17.7 Å². The molecule has 0 spiro atoms. The zero-order valence-corrected chi connectivity index (χ0v) is 18.3. The summed E-state index contributed by atoms with van der Waals surface area (Å²) in [4.78, 5) is 25.1. The van der Waals surface area contributed by atoms with Gasteiger partial charge in [0, 0.05) is 29.3 Å². The van der Waals surface area contributed by atoms with Crippen LogP contribution in [0.15, 0.2) is 47.1 Å². The van der Waals surface area contributed by atoms with Crippen LogP contribution >= 0.6 is 0 Å². The van der Waals surface area contributed by atoms with Gasteiger partial charge in [-0.2, -0.15) is 9.78 Å². The molecule has 0 aliphatic heterocycles. The van der Waals surface area contributed by atoms with Crippen LogP contribution in [0.3, 0.4) is 0 Å². The Morgan fingerprint density at radius 3 is 2.69 bits per heavy atom. The second-order valence-electron chi connectivity index (χ2n) is 8.27. The molecule has 4 rings (SSSR count). The molecule has 1 atom stereocenters. The van der Waals surface area contributed by atoms with E-state index in [1.165, 1.54) is 17.0 Å². The molecule has 3 N–H and O–H groups in total. The third kappa shape index (κ3) is 4.54. The lowest BCUT2D eigenvalue weighted by Gasteiger charge is -2.15. The van der Waals surface area contributed by atoms with E-state index in [0.29, 0.717) is 16.9 Å². The van der Waals surface area contributed by atoms with Crippen molar-refractivity contribution in [1.29, 1.82) is 0 Å². The molecule has 0 saturated heterocycles. The highest BCUT2D eigenvalue weighted by atomic mass is 16.3. The molecule has 1 aliphatic rings.